The average Bonchev–Trinajstić information content (AvgIpc) is 2.95. The first-order chi connectivity index (χ1) is 12.7. The molecule has 0 N–H and O–H groups in total. The van der Waals surface area contributed by atoms with E-state index in [0.717, 1.165) is 44.8 Å². The summed E-state index contributed by atoms with van der Waals surface area (Å²) in [5, 5.41) is 5.46. The van der Waals surface area contributed by atoms with Crippen molar-refractivity contribution in [1.29, 1.82) is 0 Å². The molecule has 140 valence electrons. The van der Waals surface area contributed by atoms with E-state index in [4.69, 9.17) is 16.4 Å². The van der Waals surface area contributed by atoms with Gasteiger partial charge in [-0.1, -0.05) is 16.8 Å². The minimum atomic E-state index is -4.46. The van der Waals surface area contributed by atoms with Gasteiger partial charge in [-0.05, 0) is 67.3 Å². The van der Waals surface area contributed by atoms with Gasteiger partial charge in [0.2, 0.25) is 0 Å². The highest BCUT2D eigenvalue weighted by Gasteiger charge is 2.30. The molecule has 0 atom stereocenters. The molecule has 0 saturated carbocycles. The van der Waals surface area contributed by atoms with Gasteiger partial charge in [0.15, 0.2) is 0 Å². The van der Waals surface area contributed by atoms with Gasteiger partial charge in [0, 0.05) is 9.72 Å². The topological polar surface area (TPSA) is 38.7 Å². The van der Waals surface area contributed by atoms with E-state index >= 15 is 0 Å². The Morgan fingerprint density at radius 3 is 2.44 bits per heavy atom. The summed E-state index contributed by atoms with van der Waals surface area (Å²) in [4.78, 5) is 17.8. The molecule has 1 heterocycles. The predicted octanol–water partition coefficient (Wildman–Crippen LogP) is 6.46. The Labute approximate surface area is 162 Å². The standard InChI is InChI=1S/C19H13ClF3NO2S/c1-10-15-9-14(20)7-8-16(15)27-17(10)11(2)24-26-18(25)12-3-5-13(6-4-12)19(21,22)23/h3-9H,1-2H3/b24-11-. The lowest BCUT2D eigenvalue weighted by Crippen LogP contribution is -2.07. The number of halogens is 4. The van der Waals surface area contributed by atoms with Crippen LogP contribution >= 0.6 is 22.9 Å². The molecule has 0 aliphatic carbocycles. The van der Waals surface area contributed by atoms with Gasteiger partial charge in [0.25, 0.3) is 0 Å². The zero-order chi connectivity index (χ0) is 19.8. The van der Waals surface area contributed by atoms with Crippen LogP contribution in [0.5, 0.6) is 0 Å². The van der Waals surface area contributed by atoms with Gasteiger partial charge in [-0.25, -0.2) is 4.79 Å². The Balaban J connectivity index is 1.79. The van der Waals surface area contributed by atoms with Crippen LogP contribution < -0.4 is 0 Å². The van der Waals surface area contributed by atoms with Crippen molar-refractivity contribution in [3.63, 3.8) is 0 Å². The molecule has 0 radical (unpaired) electrons. The summed E-state index contributed by atoms with van der Waals surface area (Å²) in [5.41, 5.74) is 0.604. The number of alkyl halides is 3. The third-order valence-corrected chi connectivity index (χ3v) is 5.56. The Bertz CT molecular complexity index is 1040. The Hall–Kier alpha value is -2.38. The normalized spacial score (nSPS) is 12.4. The van der Waals surface area contributed by atoms with Crippen LogP contribution in [0.4, 0.5) is 13.2 Å². The molecule has 0 unspecified atom stereocenters. The molecule has 0 spiro atoms. The lowest BCUT2D eigenvalue weighted by molar-refractivity contribution is -0.137. The summed E-state index contributed by atoms with van der Waals surface area (Å²) in [6.45, 7) is 3.61. The second kappa shape index (κ2) is 7.32. The van der Waals surface area contributed by atoms with Gasteiger partial charge >= 0.3 is 12.1 Å². The number of aryl methyl sites for hydroxylation is 1. The molecule has 27 heavy (non-hydrogen) atoms. The summed E-state index contributed by atoms with van der Waals surface area (Å²) < 4.78 is 38.7. The largest absolute Gasteiger partial charge is 0.416 e. The molecule has 0 fully saturated rings. The molecular formula is C19H13ClF3NO2S. The predicted molar refractivity (Wildman–Crippen MR) is 101 cm³/mol. The highest BCUT2D eigenvalue weighted by Crippen LogP contribution is 2.33. The van der Waals surface area contributed by atoms with E-state index in [1.165, 1.54) is 11.3 Å². The van der Waals surface area contributed by atoms with Gasteiger partial charge in [-0.3, -0.25) is 0 Å². The maximum absolute atomic E-state index is 12.6. The lowest BCUT2D eigenvalue weighted by Gasteiger charge is -2.06. The maximum Gasteiger partial charge on any atom is 0.416 e. The van der Waals surface area contributed by atoms with Crippen molar-refractivity contribution in [2.75, 3.05) is 0 Å². The van der Waals surface area contributed by atoms with E-state index in [1.807, 2.05) is 19.1 Å². The molecule has 0 aliphatic rings. The van der Waals surface area contributed by atoms with E-state index in [2.05, 4.69) is 5.16 Å². The summed E-state index contributed by atoms with van der Waals surface area (Å²) in [6, 6.07) is 9.32. The van der Waals surface area contributed by atoms with E-state index in [9.17, 15) is 18.0 Å². The Morgan fingerprint density at radius 1 is 1.15 bits per heavy atom. The quantitative estimate of drug-likeness (QED) is 0.281. The molecule has 3 nitrogen and oxygen atoms in total. The molecule has 0 saturated heterocycles. The van der Waals surface area contributed by atoms with Crippen LogP contribution in [0.15, 0.2) is 47.6 Å². The van der Waals surface area contributed by atoms with Crippen LogP contribution in [0.1, 0.15) is 33.3 Å². The third kappa shape index (κ3) is 4.14. The highest BCUT2D eigenvalue weighted by atomic mass is 35.5. The van der Waals surface area contributed by atoms with Gasteiger partial charge < -0.3 is 4.84 Å². The van der Waals surface area contributed by atoms with Crippen molar-refractivity contribution in [1.82, 2.24) is 0 Å². The van der Waals surface area contributed by atoms with Crippen molar-refractivity contribution in [3.8, 4) is 0 Å². The molecule has 2 aromatic carbocycles. The zero-order valence-corrected chi connectivity index (χ0v) is 15.8. The van der Waals surface area contributed by atoms with E-state index in [-0.39, 0.29) is 5.56 Å². The molecule has 3 rings (SSSR count). The fourth-order valence-corrected chi connectivity index (χ4v) is 3.84. The second-order valence-corrected chi connectivity index (χ2v) is 7.32. The van der Waals surface area contributed by atoms with E-state index < -0.39 is 17.7 Å². The monoisotopic (exact) mass is 411 g/mol. The summed E-state index contributed by atoms with van der Waals surface area (Å²) in [5.74, 6) is -0.829. The number of benzene rings is 2. The second-order valence-electron chi connectivity index (χ2n) is 5.83. The van der Waals surface area contributed by atoms with Crippen LogP contribution in [0.25, 0.3) is 10.1 Å². The summed E-state index contributed by atoms with van der Waals surface area (Å²) in [6.07, 6.45) is -4.46. The minimum absolute atomic E-state index is 0.0144. The number of hydrogen-bond donors (Lipinski definition) is 0. The van der Waals surface area contributed by atoms with Crippen molar-refractivity contribution >= 4 is 44.7 Å². The first-order valence-electron chi connectivity index (χ1n) is 7.79. The number of hydrogen-bond acceptors (Lipinski definition) is 4. The van der Waals surface area contributed by atoms with Crippen molar-refractivity contribution in [3.05, 3.63) is 69.1 Å². The number of nitrogens with zero attached hydrogens (tertiary/aromatic N) is 1. The van der Waals surface area contributed by atoms with Gasteiger partial charge in [-0.15, -0.1) is 11.3 Å². The van der Waals surface area contributed by atoms with Crippen LogP contribution in [-0.4, -0.2) is 11.7 Å². The Kier molecular flexibility index (Phi) is 5.26. The SMILES string of the molecule is C/C(=N/OC(=O)c1ccc(C(F)(F)F)cc1)c1sc2ccc(Cl)cc2c1C. The Morgan fingerprint density at radius 2 is 1.81 bits per heavy atom. The molecule has 8 heteroatoms. The van der Waals surface area contributed by atoms with Crippen LogP contribution in [0, 0.1) is 6.92 Å². The molecule has 0 bridgehead atoms. The van der Waals surface area contributed by atoms with Gasteiger partial charge in [-0.2, -0.15) is 13.2 Å². The molecular weight excluding hydrogens is 399 g/mol. The van der Waals surface area contributed by atoms with Crippen LogP contribution in [0.2, 0.25) is 5.02 Å². The zero-order valence-electron chi connectivity index (χ0n) is 14.2. The number of rotatable bonds is 3. The molecule has 3 aromatic rings. The van der Waals surface area contributed by atoms with E-state index in [1.54, 1.807) is 13.0 Å². The lowest BCUT2D eigenvalue weighted by atomic mass is 10.1. The van der Waals surface area contributed by atoms with Crippen molar-refractivity contribution in [2.24, 2.45) is 5.16 Å². The number of thiophene rings is 1. The summed E-state index contributed by atoms with van der Waals surface area (Å²) >= 11 is 7.51. The van der Waals surface area contributed by atoms with Gasteiger partial charge in [0.1, 0.15) is 0 Å². The average molecular weight is 412 g/mol. The maximum atomic E-state index is 12.6. The van der Waals surface area contributed by atoms with Crippen LogP contribution in [0.3, 0.4) is 0 Å². The van der Waals surface area contributed by atoms with Crippen molar-refractivity contribution < 1.29 is 22.8 Å². The number of carbonyl (C=O) groups is 1. The van der Waals surface area contributed by atoms with Crippen molar-refractivity contribution in [2.45, 2.75) is 20.0 Å². The fraction of sp³-hybridized carbons (Fsp3) is 0.158. The van der Waals surface area contributed by atoms with Crippen LogP contribution in [-0.2, 0) is 11.0 Å². The molecule has 1 aromatic heterocycles. The molecule has 0 amide bonds. The van der Waals surface area contributed by atoms with E-state index in [0.29, 0.717) is 10.7 Å². The van der Waals surface area contributed by atoms with Gasteiger partial charge in [0.05, 0.1) is 21.7 Å². The number of fused-ring (bicyclic) bond motifs is 1. The smallest absolute Gasteiger partial charge is 0.313 e. The minimum Gasteiger partial charge on any atom is -0.313 e. The highest BCUT2D eigenvalue weighted by molar-refractivity contribution is 7.21. The third-order valence-electron chi connectivity index (χ3n) is 3.94. The summed E-state index contributed by atoms with van der Waals surface area (Å²) in [7, 11) is 0. The fourth-order valence-electron chi connectivity index (χ4n) is 2.54. The molecule has 0 aliphatic heterocycles. The number of carbonyl (C=O) groups excluding carboxylic acids is 1. The number of oxime groups is 1. The first kappa shape index (κ1) is 19.4. The first-order valence-corrected chi connectivity index (χ1v) is 8.98.